The average molecular weight is 496 g/mol. The Bertz CT molecular complexity index is 1240. The molecule has 1 N–H and O–H groups in total. The van der Waals surface area contributed by atoms with Crippen molar-refractivity contribution >= 4 is 29.1 Å². The number of likely N-dealkylation sites (tertiary alicyclic amines) is 1. The second-order valence-electron chi connectivity index (χ2n) is 8.00. The monoisotopic (exact) mass is 495 g/mol. The predicted octanol–water partition coefficient (Wildman–Crippen LogP) is 4.46. The number of methoxy groups -OCH3 is 1. The number of aromatic nitrogens is 2. The van der Waals surface area contributed by atoms with E-state index in [0.29, 0.717) is 53.8 Å². The quantitative estimate of drug-likeness (QED) is 0.268. The highest BCUT2D eigenvalue weighted by Crippen LogP contribution is 2.40. The molecule has 1 atom stereocenters. The third kappa shape index (κ3) is 5.02. The Labute approximate surface area is 208 Å². The van der Waals surface area contributed by atoms with E-state index >= 15 is 0 Å². The van der Waals surface area contributed by atoms with Crippen LogP contribution in [0, 0.1) is 0 Å². The van der Waals surface area contributed by atoms with E-state index in [2.05, 4.69) is 4.98 Å². The van der Waals surface area contributed by atoms with E-state index < -0.39 is 17.7 Å². The first-order valence-corrected chi connectivity index (χ1v) is 11.6. The Morgan fingerprint density at radius 2 is 1.91 bits per heavy atom. The zero-order chi connectivity index (χ0) is 24.9. The van der Waals surface area contributed by atoms with E-state index in [4.69, 9.17) is 21.1 Å². The van der Waals surface area contributed by atoms with Crippen LogP contribution in [0.1, 0.15) is 30.5 Å². The lowest BCUT2D eigenvalue weighted by Crippen LogP contribution is -2.31. The molecule has 0 saturated carbocycles. The minimum atomic E-state index is -0.756. The summed E-state index contributed by atoms with van der Waals surface area (Å²) in [6.45, 7) is 3.23. The summed E-state index contributed by atoms with van der Waals surface area (Å²) in [6, 6.07) is 11.1. The molecule has 2 heterocycles. The summed E-state index contributed by atoms with van der Waals surface area (Å²) in [5.41, 5.74) is 1.03. The standard InChI is InChI=1S/C26H26ClN3O5/c1-3-35-21-10-7-18(15-20(21)27)24(31)22-23(17-5-8-19(34-2)9-6-17)30(26(33)25(22)32)13-4-12-29-14-11-28-16-29/h5-11,14-16,23,31H,3-4,12-13H2,1-2H3/t23-/m0/s1. The van der Waals surface area contributed by atoms with Gasteiger partial charge in [0.15, 0.2) is 0 Å². The molecule has 0 bridgehead atoms. The van der Waals surface area contributed by atoms with Gasteiger partial charge in [-0.3, -0.25) is 9.59 Å². The van der Waals surface area contributed by atoms with Gasteiger partial charge in [0.05, 0.1) is 36.7 Å². The Kier molecular flexibility index (Phi) is 7.41. The molecule has 0 radical (unpaired) electrons. The smallest absolute Gasteiger partial charge is 0.295 e. The van der Waals surface area contributed by atoms with Gasteiger partial charge >= 0.3 is 0 Å². The van der Waals surface area contributed by atoms with Crippen molar-refractivity contribution in [1.82, 2.24) is 14.5 Å². The molecule has 1 amide bonds. The highest BCUT2D eigenvalue weighted by Gasteiger charge is 2.45. The van der Waals surface area contributed by atoms with Gasteiger partial charge in [-0.15, -0.1) is 0 Å². The third-order valence-corrected chi connectivity index (χ3v) is 6.15. The summed E-state index contributed by atoms with van der Waals surface area (Å²) in [5, 5.41) is 11.5. The van der Waals surface area contributed by atoms with Gasteiger partial charge in [-0.1, -0.05) is 23.7 Å². The first-order valence-electron chi connectivity index (χ1n) is 11.3. The molecule has 1 aromatic heterocycles. The molecule has 1 fully saturated rings. The summed E-state index contributed by atoms with van der Waals surface area (Å²) >= 11 is 6.31. The number of ether oxygens (including phenoxy) is 2. The summed E-state index contributed by atoms with van der Waals surface area (Å²) < 4.78 is 12.6. The largest absolute Gasteiger partial charge is 0.507 e. The van der Waals surface area contributed by atoms with Crippen molar-refractivity contribution in [2.24, 2.45) is 0 Å². The molecule has 4 rings (SSSR count). The minimum Gasteiger partial charge on any atom is -0.507 e. The number of ketones is 1. The number of aryl methyl sites for hydroxylation is 1. The molecule has 0 unspecified atom stereocenters. The molecular weight excluding hydrogens is 470 g/mol. The maximum absolute atomic E-state index is 13.2. The molecule has 35 heavy (non-hydrogen) atoms. The van der Waals surface area contributed by atoms with Gasteiger partial charge in [0, 0.05) is 31.0 Å². The summed E-state index contributed by atoms with van der Waals surface area (Å²) in [4.78, 5) is 31.8. The van der Waals surface area contributed by atoms with Crippen LogP contribution in [0.3, 0.4) is 0 Å². The zero-order valence-corrected chi connectivity index (χ0v) is 20.2. The maximum atomic E-state index is 13.2. The van der Waals surface area contributed by atoms with E-state index in [9.17, 15) is 14.7 Å². The molecule has 9 heteroatoms. The van der Waals surface area contributed by atoms with Gasteiger partial charge in [0.2, 0.25) is 0 Å². The van der Waals surface area contributed by atoms with Crippen LogP contribution in [-0.4, -0.2) is 51.5 Å². The van der Waals surface area contributed by atoms with Crippen molar-refractivity contribution < 1.29 is 24.2 Å². The first kappa shape index (κ1) is 24.3. The highest BCUT2D eigenvalue weighted by atomic mass is 35.5. The Balaban J connectivity index is 1.73. The second kappa shape index (κ2) is 10.7. The van der Waals surface area contributed by atoms with Crippen molar-refractivity contribution in [3.05, 3.63) is 82.9 Å². The number of aliphatic hydroxyl groups excluding tert-OH is 1. The van der Waals surface area contributed by atoms with Crippen LogP contribution in [0.4, 0.5) is 0 Å². The number of amides is 1. The topological polar surface area (TPSA) is 93.9 Å². The van der Waals surface area contributed by atoms with Gasteiger partial charge in [0.25, 0.3) is 11.7 Å². The lowest BCUT2D eigenvalue weighted by Gasteiger charge is -2.25. The van der Waals surface area contributed by atoms with E-state index in [1.807, 2.05) is 17.7 Å². The van der Waals surface area contributed by atoms with Gasteiger partial charge in [-0.05, 0) is 49.2 Å². The summed E-state index contributed by atoms with van der Waals surface area (Å²) in [7, 11) is 1.56. The van der Waals surface area contributed by atoms with E-state index in [1.165, 1.54) is 11.0 Å². The molecule has 1 saturated heterocycles. The van der Waals surface area contributed by atoms with Crippen molar-refractivity contribution in [1.29, 1.82) is 0 Å². The first-order chi connectivity index (χ1) is 16.9. The average Bonchev–Trinajstić information content (AvgIpc) is 3.47. The number of imidazole rings is 1. The number of Topliss-reactive ketones (excluding diaryl/α,β-unsaturated/α-hetero) is 1. The number of carbonyl (C=O) groups excluding carboxylic acids is 2. The highest BCUT2D eigenvalue weighted by molar-refractivity contribution is 6.46. The van der Waals surface area contributed by atoms with Crippen LogP contribution < -0.4 is 9.47 Å². The van der Waals surface area contributed by atoms with E-state index in [1.54, 1.807) is 56.0 Å². The number of aliphatic hydroxyl groups is 1. The van der Waals surface area contributed by atoms with Gasteiger partial charge in [-0.25, -0.2) is 4.98 Å². The fourth-order valence-electron chi connectivity index (χ4n) is 4.16. The van der Waals surface area contributed by atoms with Crippen LogP contribution in [0.15, 0.2) is 66.8 Å². The van der Waals surface area contributed by atoms with Crippen LogP contribution in [0.25, 0.3) is 5.76 Å². The van der Waals surface area contributed by atoms with Crippen molar-refractivity contribution in [2.45, 2.75) is 25.9 Å². The van der Waals surface area contributed by atoms with Gasteiger partial charge < -0.3 is 24.0 Å². The van der Waals surface area contributed by atoms with Crippen molar-refractivity contribution in [3.63, 3.8) is 0 Å². The number of carbonyl (C=O) groups is 2. The molecule has 1 aliphatic heterocycles. The zero-order valence-electron chi connectivity index (χ0n) is 19.5. The number of rotatable bonds is 9. The van der Waals surface area contributed by atoms with Crippen LogP contribution >= 0.6 is 11.6 Å². The van der Waals surface area contributed by atoms with E-state index in [0.717, 1.165) is 0 Å². The lowest BCUT2D eigenvalue weighted by molar-refractivity contribution is -0.139. The van der Waals surface area contributed by atoms with Crippen LogP contribution in [0.5, 0.6) is 11.5 Å². The third-order valence-electron chi connectivity index (χ3n) is 5.85. The molecule has 3 aromatic rings. The molecule has 2 aromatic carbocycles. The number of hydrogen-bond donors (Lipinski definition) is 1. The number of benzene rings is 2. The Morgan fingerprint density at radius 3 is 2.54 bits per heavy atom. The second-order valence-corrected chi connectivity index (χ2v) is 8.41. The normalized spacial score (nSPS) is 17.1. The molecular formula is C26H26ClN3O5. The molecule has 182 valence electrons. The number of nitrogens with zero attached hydrogens (tertiary/aromatic N) is 3. The fourth-order valence-corrected chi connectivity index (χ4v) is 4.40. The van der Waals surface area contributed by atoms with Crippen LogP contribution in [-0.2, 0) is 16.1 Å². The maximum Gasteiger partial charge on any atom is 0.295 e. The van der Waals surface area contributed by atoms with Crippen molar-refractivity contribution in [2.75, 3.05) is 20.3 Å². The number of halogens is 1. The lowest BCUT2D eigenvalue weighted by atomic mass is 9.95. The van der Waals surface area contributed by atoms with E-state index in [-0.39, 0.29) is 11.3 Å². The van der Waals surface area contributed by atoms with Gasteiger partial charge in [-0.2, -0.15) is 0 Å². The summed E-state index contributed by atoms with van der Waals surface area (Å²) in [5.74, 6) is -0.571. The predicted molar refractivity (Wildman–Crippen MR) is 131 cm³/mol. The fraction of sp³-hybridized carbons (Fsp3) is 0.269. The molecule has 0 aliphatic carbocycles. The number of hydrogen-bond acceptors (Lipinski definition) is 6. The summed E-state index contributed by atoms with van der Waals surface area (Å²) in [6.07, 6.45) is 5.83. The Morgan fingerprint density at radius 1 is 1.14 bits per heavy atom. The molecule has 1 aliphatic rings. The van der Waals surface area contributed by atoms with Crippen molar-refractivity contribution in [3.8, 4) is 11.5 Å². The van der Waals surface area contributed by atoms with Gasteiger partial charge in [0.1, 0.15) is 17.3 Å². The minimum absolute atomic E-state index is 0.0167. The molecule has 8 nitrogen and oxygen atoms in total. The van der Waals surface area contributed by atoms with Crippen LogP contribution in [0.2, 0.25) is 5.02 Å². The SMILES string of the molecule is CCOc1ccc(C(O)=C2C(=O)C(=O)N(CCCn3ccnc3)[C@H]2c2ccc(OC)cc2)cc1Cl. The Hall–Kier alpha value is -3.78. The molecule has 0 spiro atoms.